The Bertz CT molecular complexity index is 1180. The average molecular weight is 422 g/mol. The van der Waals surface area contributed by atoms with Crippen LogP contribution in [0.3, 0.4) is 0 Å². The lowest BCUT2D eigenvalue weighted by Gasteiger charge is -2.16. The molecule has 3 aromatic rings. The predicted molar refractivity (Wildman–Crippen MR) is 118 cm³/mol. The second kappa shape index (κ2) is 7.68. The van der Waals surface area contributed by atoms with Gasteiger partial charge in [0.1, 0.15) is 5.03 Å². The van der Waals surface area contributed by atoms with Gasteiger partial charge >= 0.3 is 6.03 Å². The number of benzene rings is 1. The number of aryl methyl sites for hydroxylation is 2. The molecule has 2 amide bonds. The molecule has 0 radical (unpaired) electrons. The summed E-state index contributed by atoms with van der Waals surface area (Å²) in [5.41, 5.74) is 4.80. The molecule has 0 saturated heterocycles. The average Bonchev–Trinajstić information content (AvgIpc) is 3.28. The van der Waals surface area contributed by atoms with Crippen LogP contribution in [0.2, 0.25) is 0 Å². The van der Waals surface area contributed by atoms with E-state index in [-0.39, 0.29) is 11.6 Å². The van der Waals surface area contributed by atoms with E-state index in [2.05, 4.69) is 21.2 Å². The van der Waals surface area contributed by atoms with E-state index in [0.29, 0.717) is 6.04 Å². The molecule has 30 heavy (non-hydrogen) atoms. The van der Waals surface area contributed by atoms with Crippen molar-refractivity contribution in [2.75, 3.05) is 5.32 Å². The smallest absolute Gasteiger partial charge is 0.319 e. The Hall–Kier alpha value is -3.00. The number of hydrogen-bond acceptors (Lipinski definition) is 4. The number of anilines is 1. The number of fused-ring (bicyclic) bond motifs is 1. The highest BCUT2D eigenvalue weighted by atomic mass is 32.2. The Kier molecular flexibility index (Phi) is 4.86. The van der Waals surface area contributed by atoms with Gasteiger partial charge in [-0.2, -0.15) is 5.10 Å². The molecule has 2 aliphatic rings. The number of carbonyl (C=O) groups is 1. The van der Waals surface area contributed by atoms with Gasteiger partial charge in [-0.15, -0.1) is 0 Å². The molecular weight excluding hydrogens is 398 g/mol. The van der Waals surface area contributed by atoms with E-state index in [1.54, 1.807) is 19.3 Å². The van der Waals surface area contributed by atoms with Gasteiger partial charge in [0, 0.05) is 43.0 Å². The number of aromatic nitrogens is 3. The molecule has 0 bridgehead atoms. The summed E-state index contributed by atoms with van der Waals surface area (Å²) in [7, 11) is 1.73. The van der Waals surface area contributed by atoms with Crippen LogP contribution < -0.4 is 15.6 Å². The first-order chi connectivity index (χ1) is 14.6. The molecule has 8 heteroatoms. The fraction of sp³-hybridized carbons (Fsp3) is 0.318. The Morgan fingerprint density at radius 1 is 1.17 bits per heavy atom. The minimum atomic E-state index is -0.300. The van der Waals surface area contributed by atoms with E-state index in [0.717, 1.165) is 46.7 Å². The number of pyridine rings is 1. The third-order valence-corrected chi connectivity index (χ3v) is 6.40. The lowest BCUT2D eigenvalue weighted by atomic mass is 9.98. The predicted octanol–water partition coefficient (Wildman–Crippen LogP) is 3.90. The van der Waals surface area contributed by atoms with Gasteiger partial charge in [0.2, 0.25) is 0 Å². The minimum Gasteiger partial charge on any atom is -0.319 e. The molecule has 2 aromatic heterocycles. The van der Waals surface area contributed by atoms with Crippen LogP contribution in [0.15, 0.2) is 52.5 Å². The maximum Gasteiger partial charge on any atom is 0.329 e. The largest absolute Gasteiger partial charge is 0.329 e. The van der Waals surface area contributed by atoms with Crippen LogP contribution in [-0.2, 0) is 19.9 Å². The normalized spacial score (nSPS) is 15.1. The summed E-state index contributed by atoms with van der Waals surface area (Å²) >= 11 is 1.21. The number of hydrogen-bond donors (Lipinski definition) is 2. The summed E-state index contributed by atoms with van der Waals surface area (Å²) in [4.78, 5) is 24.8. The first-order valence-electron chi connectivity index (χ1n) is 10.2. The van der Waals surface area contributed by atoms with Crippen LogP contribution in [0.1, 0.15) is 36.4 Å². The Balaban J connectivity index is 1.38. The first kappa shape index (κ1) is 19.0. The van der Waals surface area contributed by atoms with Gasteiger partial charge in [-0.1, -0.05) is 12.1 Å². The van der Waals surface area contributed by atoms with Crippen LogP contribution in [0, 0.1) is 0 Å². The van der Waals surface area contributed by atoms with Gasteiger partial charge in [-0.3, -0.25) is 14.2 Å². The molecule has 2 heterocycles. The molecular formula is C22H23N5O2S. The summed E-state index contributed by atoms with van der Waals surface area (Å²) in [5.74, 6) is 0. The number of rotatable bonds is 5. The van der Waals surface area contributed by atoms with Gasteiger partial charge in [-0.05, 0) is 60.9 Å². The van der Waals surface area contributed by atoms with Crippen molar-refractivity contribution in [2.45, 2.75) is 43.2 Å². The fourth-order valence-corrected chi connectivity index (χ4v) is 4.43. The Morgan fingerprint density at radius 2 is 2.03 bits per heavy atom. The molecule has 1 fully saturated rings. The molecule has 1 saturated carbocycles. The zero-order valence-electron chi connectivity index (χ0n) is 16.7. The standard InChI is InChI=1S/C22H23N5O2S/c1-26-11-9-15(13-20(26)28)18-8-5-14-3-2-4-17(14)21(18)23-22(29)25-30-19-10-12-27(24-19)16-6-7-16/h5,8-13,16H,2-4,6-7H2,1H3,(H2,23,25,29). The molecule has 2 N–H and O–H groups in total. The zero-order chi connectivity index (χ0) is 20.7. The van der Waals surface area contributed by atoms with Gasteiger partial charge < -0.3 is 9.88 Å². The number of carbonyl (C=O) groups excluding carboxylic acids is 1. The van der Waals surface area contributed by atoms with Gasteiger partial charge in [0.15, 0.2) is 0 Å². The van der Waals surface area contributed by atoms with Crippen LogP contribution in [-0.4, -0.2) is 20.4 Å². The second-order valence-electron chi connectivity index (χ2n) is 7.87. The number of nitrogens with one attached hydrogen (secondary N) is 2. The van der Waals surface area contributed by atoms with Gasteiger partial charge in [0.05, 0.1) is 11.7 Å². The fourth-order valence-electron chi connectivity index (χ4n) is 3.92. The quantitative estimate of drug-likeness (QED) is 0.612. The number of amides is 2. The topological polar surface area (TPSA) is 81.0 Å². The van der Waals surface area contributed by atoms with Crippen molar-refractivity contribution in [3.8, 4) is 11.1 Å². The number of nitrogens with zero attached hydrogens (tertiary/aromatic N) is 3. The highest BCUT2D eigenvalue weighted by molar-refractivity contribution is 7.97. The summed E-state index contributed by atoms with van der Waals surface area (Å²) in [6, 6.07) is 9.75. The molecule has 7 nitrogen and oxygen atoms in total. The lowest BCUT2D eigenvalue weighted by molar-refractivity contribution is 0.257. The molecule has 0 spiro atoms. The summed E-state index contributed by atoms with van der Waals surface area (Å²) in [6.45, 7) is 0. The van der Waals surface area contributed by atoms with Gasteiger partial charge in [0.25, 0.3) is 5.56 Å². The summed E-state index contributed by atoms with van der Waals surface area (Å²) in [6.07, 6.45) is 9.05. The highest BCUT2D eigenvalue weighted by Gasteiger charge is 2.24. The van der Waals surface area contributed by atoms with E-state index in [4.69, 9.17) is 0 Å². The van der Waals surface area contributed by atoms with E-state index >= 15 is 0 Å². The molecule has 0 unspecified atom stereocenters. The highest BCUT2D eigenvalue weighted by Crippen LogP contribution is 2.37. The molecule has 154 valence electrons. The van der Waals surface area contributed by atoms with E-state index in [1.807, 2.05) is 29.1 Å². The zero-order valence-corrected chi connectivity index (χ0v) is 17.5. The molecule has 1 aromatic carbocycles. The third-order valence-electron chi connectivity index (χ3n) is 5.69. The van der Waals surface area contributed by atoms with Crippen molar-refractivity contribution in [3.63, 3.8) is 0 Å². The maximum atomic E-state index is 12.7. The first-order valence-corrected chi connectivity index (χ1v) is 11.0. The lowest BCUT2D eigenvalue weighted by Crippen LogP contribution is -2.24. The van der Waals surface area contributed by atoms with Crippen molar-refractivity contribution >= 4 is 23.7 Å². The van der Waals surface area contributed by atoms with Crippen LogP contribution >= 0.6 is 11.9 Å². The monoisotopic (exact) mass is 421 g/mol. The third kappa shape index (κ3) is 3.75. The molecule has 2 aliphatic carbocycles. The van der Waals surface area contributed by atoms with Gasteiger partial charge in [-0.25, -0.2) is 4.79 Å². The van der Waals surface area contributed by atoms with E-state index < -0.39 is 0 Å². The van der Waals surface area contributed by atoms with Crippen LogP contribution in [0.4, 0.5) is 10.5 Å². The molecule has 5 rings (SSSR count). The van der Waals surface area contributed by atoms with Crippen molar-refractivity contribution in [3.05, 3.63) is 64.2 Å². The van der Waals surface area contributed by atoms with Crippen LogP contribution in [0.25, 0.3) is 11.1 Å². The maximum absolute atomic E-state index is 12.7. The van der Waals surface area contributed by atoms with E-state index in [9.17, 15) is 9.59 Å². The molecule has 0 atom stereocenters. The van der Waals surface area contributed by atoms with Crippen LogP contribution in [0.5, 0.6) is 0 Å². The Morgan fingerprint density at radius 3 is 2.83 bits per heavy atom. The summed E-state index contributed by atoms with van der Waals surface area (Å²) in [5, 5.41) is 8.30. The summed E-state index contributed by atoms with van der Waals surface area (Å²) < 4.78 is 6.33. The van der Waals surface area contributed by atoms with Crippen molar-refractivity contribution < 1.29 is 4.79 Å². The Labute approximate surface area is 178 Å². The SMILES string of the molecule is Cn1ccc(-c2ccc3c(c2NC(=O)NSc2ccn(C4CC4)n2)CCC3)cc1=O. The molecule has 0 aliphatic heterocycles. The minimum absolute atomic E-state index is 0.0785. The number of urea groups is 1. The van der Waals surface area contributed by atoms with E-state index in [1.165, 1.54) is 34.9 Å². The van der Waals surface area contributed by atoms with Crippen molar-refractivity contribution in [2.24, 2.45) is 7.05 Å². The second-order valence-corrected chi connectivity index (χ2v) is 8.69. The van der Waals surface area contributed by atoms with Crippen molar-refractivity contribution in [1.29, 1.82) is 0 Å². The van der Waals surface area contributed by atoms with Crippen molar-refractivity contribution in [1.82, 2.24) is 19.1 Å².